The van der Waals surface area contributed by atoms with Crippen molar-refractivity contribution in [3.05, 3.63) is 71.0 Å². The maximum atomic E-state index is 13.0. The van der Waals surface area contributed by atoms with Gasteiger partial charge in [-0.05, 0) is 42.0 Å². The molecule has 0 aliphatic rings. The molecule has 0 bridgehead atoms. The summed E-state index contributed by atoms with van der Waals surface area (Å²) < 4.78 is 18.1. The zero-order chi connectivity index (χ0) is 17.6. The van der Waals surface area contributed by atoms with Crippen LogP contribution >= 0.6 is 11.3 Å². The number of carbonyl (C=O) groups excluding carboxylic acids is 1. The number of aromatic nitrogens is 1. The Morgan fingerprint density at radius 3 is 2.56 bits per heavy atom. The van der Waals surface area contributed by atoms with Gasteiger partial charge < -0.3 is 10.1 Å². The number of thiazole rings is 1. The lowest BCUT2D eigenvalue weighted by Gasteiger charge is -2.05. The van der Waals surface area contributed by atoms with E-state index in [-0.39, 0.29) is 18.1 Å². The van der Waals surface area contributed by atoms with Gasteiger partial charge in [0, 0.05) is 17.5 Å². The fraction of sp³-hybridized carbons (Fsp3) is 0.158. The van der Waals surface area contributed by atoms with Crippen molar-refractivity contribution in [1.82, 2.24) is 10.3 Å². The van der Waals surface area contributed by atoms with Gasteiger partial charge in [-0.2, -0.15) is 0 Å². The standard InChI is InChI=1S/C19H17FN2O2S/c1-24-17-8-2-13(3-9-17)11-21-18(23)10-16-12-25-19(22-16)14-4-6-15(20)7-5-14/h2-9,12H,10-11H2,1H3,(H,21,23). The Morgan fingerprint density at radius 1 is 1.16 bits per heavy atom. The summed E-state index contributed by atoms with van der Waals surface area (Å²) in [5, 5.41) is 5.51. The number of nitrogens with one attached hydrogen (secondary N) is 1. The third-order valence-corrected chi connectivity index (χ3v) is 4.57. The van der Waals surface area contributed by atoms with Gasteiger partial charge in [-0.25, -0.2) is 9.37 Å². The molecule has 128 valence electrons. The van der Waals surface area contributed by atoms with E-state index in [1.807, 2.05) is 29.6 Å². The molecular formula is C19H17FN2O2S. The summed E-state index contributed by atoms with van der Waals surface area (Å²) in [5.74, 6) is 0.413. The van der Waals surface area contributed by atoms with Crippen molar-refractivity contribution in [2.45, 2.75) is 13.0 Å². The monoisotopic (exact) mass is 356 g/mol. The van der Waals surface area contributed by atoms with Crippen LogP contribution in [0.15, 0.2) is 53.9 Å². The highest BCUT2D eigenvalue weighted by atomic mass is 32.1. The summed E-state index contributed by atoms with van der Waals surface area (Å²) in [7, 11) is 1.62. The topological polar surface area (TPSA) is 51.2 Å². The maximum absolute atomic E-state index is 13.0. The fourth-order valence-electron chi connectivity index (χ4n) is 2.28. The van der Waals surface area contributed by atoms with E-state index in [4.69, 9.17) is 4.74 Å². The van der Waals surface area contributed by atoms with Gasteiger partial charge in [-0.3, -0.25) is 4.79 Å². The highest BCUT2D eigenvalue weighted by Crippen LogP contribution is 2.24. The van der Waals surface area contributed by atoms with Crippen LogP contribution in [0.4, 0.5) is 4.39 Å². The van der Waals surface area contributed by atoms with Crippen molar-refractivity contribution in [3.63, 3.8) is 0 Å². The number of hydrogen-bond acceptors (Lipinski definition) is 4. The van der Waals surface area contributed by atoms with Crippen molar-refractivity contribution in [2.24, 2.45) is 0 Å². The van der Waals surface area contributed by atoms with Gasteiger partial charge >= 0.3 is 0 Å². The van der Waals surface area contributed by atoms with Crippen LogP contribution in [0, 0.1) is 5.82 Å². The Balaban J connectivity index is 1.55. The number of benzene rings is 2. The molecule has 0 spiro atoms. The van der Waals surface area contributed by atoms with E-state index < -0.39 is 0 Å². The molecule has 1 amide bonds. The van der Waals surface area contributed by atoms with Gasteiger partial charge in [0.2, 0.25) is 5.91 Å². The highest BCUT2D eigenvalue weighted by Gasteiger charge is 2.09. The third kappa shape index (κ3) is 4.64. The van der Waals surface area contributed by atoms with Crippen molar-refractivity contribution < 1.29 is 13.9 Å². The van der Waals surface area contributed by atoms with Crippen molar-refractivity contribution in [2.75, 3.05) is 7.11 Å². The van der Waals surface area contributed by atoms with Gasteiger partial charge in [0.25, 0.3) is 0 Å². The zero-order valence-electron chi connectivity index (χ0n) is 13.7. The summed E-state index contributed by atoms with van der Waals surface area (Å²) in [6.45, 7) is 0.456. The van der Waals surface area contributed by atoms with Crippen molar-refractivity contribution >= 4 is 17.2 Å². The smallest absolute Gasteiger partial charge is 0.226 e. The van der Waals surface area contributed by atoms with Gasteiger partial charge in [-0.15, -0.1) is 11.3 Å². The van der Waals surface area contributed by atoms with Crippen LogP contribution in [0.1, 0.15) is 11.3 Å². The van der Waals surface area contributed by atoms with Crippen molar-refractivity contribution in [3.8, 4) is 16.3 Å². The first kappa shape index (κ1) is 17.1. The molecule has 0 aliphatic carbocycles. The van der Waals surface area contributed by atoms with E-state index in [0.717, 1.165) is 21.9 Å². The molecule has 1 N–H and O–H groups in total. The second-order valence-electron chi connectivity index (χ2n) is 5.45. The maximum Gasteiger partial charge on any atom is 0.226 e. The number of carbonyl (C=O) groups is 1. The summed E-state index contributed by atoms with van der Waals surface area (Å²) in [4.78, 5) is 16.5. The Bertz CT molecular complexity index is 845. The van der Waals surface area contributed by atoms with E-state index >= 15 is 0 Å². The molecule has 6 heteroatoms. The molecule has 3 aromatic rings. The number of rotatable bonds is 6. The van der Waals surface area contributed by atoms with Crippen molar-refractivity contribution in [1.29, 1.82) is 0 Å². The number of hydrogen-bond donors (Lipinski definition) is 1. The normalized spacial score (nSPS) is 10.5. The Kier molecular flexibility index (Phi) is 5.40. The van der Waals surface area contributed by atoms with Crippen LogP contribution in [-0.2, 0) is 17.8 Å². The number of methoxy groups -OCH3 is 1. The van der Waals surface area contributed by atoms with Crippen LogP contribution in [0.5, 0.6) is 5.75 Å². The van der Waals surface area contributed by atoms with Crippen LogP contribution in [0.25, 0.3) is 10.6 Å². The second kappa shape index (κ2) is 7.90. The minimum absolute atomic E-state index is 0.0909. The van der Waals surface area contributed by atoms with E-state index in [0.29, 0.717) is 12.2 Å². The minimum Gasteiger partial charge on any atom is -0.497 e. The minimum atomic E-state index is -0.279. The molecule has 25 heavy (non-hydrogen) atoms. The molecule has 0 radical (unpaired) electrons. The first-order valence-corrected chi connectivity index (χ1v) is 8.62. The summed E-state index contributed by atoms with van der Waals surface area (Å²) in [5.41, 5.74) is 2.55. The number of nitrogens with zero attached hydrogens (tertiary/aromatic N) is 1. The SMILES string of the molecule is COc1ccc(CNC(=O)Cc2csc(-c3ccc(F)cc3)n2)cc1. The molecule has 0 atom stereocenters. The molecule has 4 nitrogen and oxygen atoms in total. The van der Waals surface area contributed by atoms with Crippen LogP contribution in [-0.4, -0.2) is 18.0 Å². The molecule has 0 fully saturated rings. The summed E-state index contributed by atoms with van der Waals surface area (Å²) >= 11 is 1.44. The lowest BCUT2D eigenvalue weighted by Crippen LogP contribution is -2.24. The predicted molar refractivity (Wildman–Crippen MR) is 96.1 cm³/mol. The molecule has 0 unspecified atom stereocenters. The molecule has 3 rings (SSSR count). The predicted octanol–water partition coefficient (Wildman–Crippen LogP) is 3.82. The first-order chi connectivity index (χ1) is 12.1. The largest absolute Gasteiger partial charge is 0.497 e. The van der Waals surface area contributed by atoms with Crippen LogP contribution < -0.4 is 10.1 Å². The van der Waals surface area contributed by atoms with Gasteiger partial charge in [0.05, 0.1) is 19.2 Å². The average Bonchev–Trinajstić information content (AvgIpc) is 3.09. The number of amides is 1. The molecule has 1 heterocycles. The first-order valence-electron chi connectivity index (χ1n) is 7.74. The van der Waals surface area contributed by atoms with E-state index in [1.165, 1.54) is 23.5 Å². The number of halogens is 1. The van der Waals surface area contributed by atoms with Crippen LogP contribution in [0.2, 0.25) is 0 Å². The van der Waals surface area contributed by atoms with Gasteiger partial charge in [0.1, 0.15) is 16.6 Å². The highest BCUT2D eigenvalue weighted by molar-refractivity contribution is 7.13. The summed E-state index contributed by atoms with van der Waals surface area (Å²) in [6, 6.07) is 13.7. The molecule has 0 aliphatic heterocycles. The lowest BCUT2D eigenvalue weighted by atomic mass is 10.2. The quantitative estimate of drug-likeness (QED) is 0.731. The van der Waals surface area contributed by atoms with E-state index in [2.05, 4.69) is 10.3 Å². The average molecular weight is 356 g/mol. The third-order valence-electron chi connectivity index (χ3n) is 3.63. The summed E-state index contributed by atoms with van der Waals surface area (Å²) in [6.07, 6.45) is 0.216. The van der Waals surface area contributed by atoms with Crippen LogP contribution in [0.3, 0.4) is 0 Å². The molecule has 1 aromatic heterocycles. The van der Waals surface area contributed by atoms with E-state index in [1.54, 1.807) is 19.2 Å². The molecule has 2 aromatic carbocycles. The second-order valence-corrected chi connectivity index (χ2v) is 6.31. The van der Waals surface area contributed by atoms with E-state index in [9.17, 15) is 9.18 Å². The molecular weight excluding hydrogens is 339 g/mol. The van der Waals surface area contributed by atoms with Gasteiger partial charge in [0.15, 0.2) is 0 Å². The Labute approximate surface area is 149 Å². The number of ether oxygens (including phenoxy) is 1. The fourth-order valence-corrected chi connectivity index (χ4v) is 3.11. The molecule has 0 saturated carbocycles. The Hall–Kier alpha value is -2.73. The zero-order valence-corrected chi connectivity index (χ0v) is 14.5. The molecule has 0 saturated heterocycles. The Morgan fingerprint density at radius 2 is 1.88 bits per heavy atom. The lowest BCUT2D eigenvalue weighted by molar-refractivity contribution is -0.120. The van der Waals surface area contributed by atoms with Gasteiger partial charge in [-0.1, -0.05) is 12.1 Å².